The number of carbonyl (C=O) groups is 1. The van der Waals surface area contributed by atoms with Crippen LogP contribution in [0.5, 0.6) is 0 Å². The van der Waals surface area contributed by atoms with Gasteiger partial charge in [-0.05, 0) is 26.0 Å². The number of carbonyl (C=O) groups excluding carboxylic acids is 1. The largest absolute Gasteiger partial charge is 0.463 e. The van der Waals surface area contributed by atoms with Crippen LogP contribution in [0, 0.1) is 11.3 Å². The van der Waals surface area contributed by atoms with Crippen LogP contribution in [0.4, 0.5) is 0 Å². The van der Waals surface area contributed by atoms with Crippen molar-refractivity contribution in [3.63, 3.8) is 0 Å². The first kappa shape index (κ1) is 13.7. The van der Waals surface area contributed by atoms with Crippen molar-refractivity contribution in [3.8, 4) is 6.07 Å². The summed E-state index contributed by atoms with van der Waals surface area (Å²) in [6, 6.07) is 5.58. The second kappa shape index (κ2) is 5.53. The molecule has 0 radical (unpaired) electrons. The van der Waals surface area contributed by atoms with E-state index in [1.165, 1.54) is 0 Å². The van der Waals surface area contributed by atoms with Crippen molar-refractivity contribution in [2.45, 2.75) is 19.8 Å². The molecule has 20 heavy (non-hydrogen) atoms. The number of hydrogen-bond acceptors (Lipinski definition) is 5. The minimum absolute atomic E-state index is 0.0117. The number of esters is 1. The summed E-state index contributed by atoms with van der Waals surface area (Å²) in [6.07, 6.45) is 1.72. The van der Waals surface area contributed by atoms with Crippen LogP contribution in [0.2, 0.25) is 0 Å². The number of nitrogens with zero attached hydrogens (tertiary/aromatic N) is 1. The van der Waals surface area contributed by atoms with Crippen LogP contribution in [0.1, 0.15) is 25.5 Å². The van der Waals surface area contributed by atoms with Gasteiger partial charge in [-0.25, -0.2) is 4.79 Å². The number of nitrogens with one attached hydrogen (secondary N) is 1. The van der Waals surface area contributed by atoms with Gasteiger partial charge in [0.1, 0.15) is 17.4 Å². The first-order valence-corrected chi connectivity index (χ1v) is 6.18. The van der Waals surface area contributed by atoms with Gasteiger partial charge in [0.15, 0.2) is 0 Å². The third kappa shape index (κ3) is 2.26. The Morgan fingerprint density at radius 3 is 2.95 bits per heavy atom. The first-order chi connectivity index (χ1) is 9.60. The Hall–Kier alpha value is -2.68. The molecule has 6 heteroatoms. The fraction of sp³-hybridized carbons (Fsp3) is 0.286. The second-order valence-electron chi connectivity index (χ2n) is 4.24. The van der Waals surface area contributed by atoms with Crippen LogP contribution in [-0.4, -0.2) is 17.6 Å². The van der Waals surface area contributed by atoms with Gasteiger partial charge >= 0.3 is 5.97 Å². The molecule has 0 spiro atoms. The molecule has 1 atom stereocenters. The zero-order valence-electron chi connectivity index (χ0n) is 11.3. The highest BCUT2D eigenvalue weighted by Crippen LogP contribution is 2.38. The Labute approximate surface area is 116 Å². The van der Waals surface area contributed by atoms with Crippen LogP contribution in [0.3, 0.4) is 0 Å². The molecule has 104 valence electrons. The minimum Gasteiger partial charge on any atom is -0.463 e. The molecular formula is C14H15N3O3. The first-order valence-electron chi connectivity index (χ1n) is 6.18. The summed E-state index contributed by atoms with van der Waals surface area (Å²) >= 11 is 0. The maximum absolute atomic E-state index is 12.1. The van der Waals surface area contributed by atoms with E-state index in [-0.39, 0.29) is 18.1 Å². The molecule has 1 aliphatic rings. The third-order valence-electron chi connectivity index (χ3n) is 3.03. The standard InChI is InChI=1S/C14H15N3O3/c1-3-19-14(18)11-8(2)20-13(16)9(7-15)12(11)10-5-4-6-17-10/h4-6,12,17H,3,16H2,1-2H3/t12-/m0/s1. The SMILES string of the molecule is CCOC(=O)C1=C(C)OC(N)=C(C#N)[C@H]1c1ccc[nH]1. The molecule has 0 saturated carbocycles. The van der Waals surface area contributed by atoms with Crippen LogP contribution < -0.4 is 5.73 Å². The van der Waals surface area contributed by atoms with Crippen molar-refractivity contribution in [3.05, 3.63) is 46.8 Å². The van der Waals surface area contributed by atoms with Crippen LogP contribution >= 0.6 is 0 Å². The van der Waals surface area contributed by atoms with Crippen molar-refractivity contribution in [2.75, 3.05) is 6.61 Å². The van der Waals surface area contributed by atoms with Gasteiger partial charge in [0, 0.05) is 11.9 Å². The van der Waals surface area contributed by atoms with Gasteiger partial charge in [0.25, 0.3) is 0 Å². The molecule has 0 amide bonds. The summed E-state index contributed by atoms with van der Waals surface area (Å²) in [5, 5.41) is 9.29. The van der Waals surface area contributed by atoms with Gasteiger partial charge in [0.2, 0.25) is 5.88 Å². The molecule has 2 heterocycles. The van der Waals surface area contributed by atoms with E-state index in [1.807, 2.05) is 6.07 Å². The Balaban J connectivity index is 2.55. The van der Waals surface area contributed by atoms with E-state index >= 15 is 0 Å². The van der Waals surface area contributed by atoms with Crippen molar-refractivity contribution in [1.29, 1.82) is 5.26 Å². The van der Waals surface area contributed by atoms with E-state index < -0.39 is 11.9 Å². The van der Waals surface area contributed by atoms with E-state index in [2.05, 4.69) is 4.98 Å². The third-order valence-corrected chi connectivity index (χ3v) is 3.03. The van der Waals surface area contributed by atoms with E-state index in [1.54, 1.807) is 32.2 Å². The molecule has 0 fully saturated rings. The van der Waals surface area contributed by atoms with Crippen molar-refractivity contribution in [1.82, 2.24) is 4.98 Å². The number of ether oxygens (including phenoxy) is 2. The lowest BCUT2D eigenvalue weighted by Crippen LogP contribution is -2.25. The zero-order chi connectivity index (χ0) is 14.7. The van der Waals surface area contributed by atoms with Gasteiger partial charge in [-0.15, -0.1) is 0 Å². The number of nitrogens with two attached hydrogens (primary N) is 1. The minimum atomic E-state index is -0.595. The van der Waals surface area contributed by atoms with Gasteiger partial charge in [-0.1, -0.05) is 0 Å². The van der Waals surface area contributed by atoms with Crippen molar-refractivity contribution < 1.29 is 14.3 Å². The Morgan fingerprint density at radius 1 is 1.65 bits per heavy atom. The van der Waals surface area contributed by atoms with Crippen molar-refractivity contribution >= 4 is 5.97 Å². The van der Waals surface area contributed by atoms with E-state index in [9.17, 15) is 10.1 Å². The molecule has 0 aromatic carbocycles. The number of aromatic amines is 1. The van der Waals surface area contributed by atoms with Crippen LogP contribution in [0.15, 0.2) is 41.1 Å². The highest BCUT2D eigenvalue weighted by Gasteiger charge is 2.36. The number of rotatable bonds is 3. The zero-order valence-corrected chi connectivity index (χ0v) is 11.3. The number of nitriles is 1. The van der Waals surface area contributed by atoms with E-state index in [0.29, 0.717) is 17.0 Å². The number of hydrogen-bond donors (Lipinski definition) is 2. The summed E-state index contributed by atoms with van der Waals surface area (Å²) in [5.74, 6) is -0.746. The number of allylic oxidation sites excluding steroid dienone is 2. The summed E-state index contributed by atoms with van der Waals surface area (Å²) in [5.41, 5.74) is 6.92. The molecule has 1 aromatic heterocycles. The van der Waals surface area contributed by atoms with Gasteiger partial charge in [-0.2, -0.15) is 5.26 Å². The molecule has 1 aliphatic heterocycles. The molecule has 0 aliphatic carbocycles. The predicted molar refractivity (Wildman–Crippen MR) is 70.8 cm³/mol. The highest BCUT2D eigenvalue weighted by atomic mass is 16.5. The van der Waals surface area contributed by atoms with Crippen molar-refractivity contribution in [2.24, 2.45) is 5.73 Å². The molecule has 6 nitrogen and oxygen atoms in total. The van der Waals surface area contributed by atoms with Gasteiger partial charge in [0.05, 0.1) is 18.1 Å². The van der Waals surface area contributed by atoms with Crippen LogP contribution in [-0.2, 0) is 14.3 Å². The normalized spacial score (nSPS) is 18.6. The molecule has 0 bridgehead atoms. The molecule has 0 unspecified atom stereocenters. The predicted octanol–water partition coefficient (Wildman–Crippen LogP) is 1.66. The second-order valence-corrected chi connectivity index (χ2v) is 4.24. The van der Waals surface area contributed by atoms with Gasteiger partial charge in [-0.3, -0.25) is 0 Å². The lowest BCUT2D eigenvalue weighted by molar-refractivity contribution is -0.139. The maximum Gasteiger partial charge on any atom is 0.338 e. The van der Waals surface area contributed by atoms with E-state index in [0.717, 1.165) is 0 Å². The molecule has 1 aromatic rings. The lowest BCUT2D eigenvalue weighted by Gasteiger charge is -2.25. The maximum atomic E-state index is 12.1. The molecule has 3 N–H and O–H groups in total. The topological polar surface area (TPSA) is 101 Å². The number of H-pyrrole nitrogens is 1. The number of aromatic nitrogens is 1. The Kier molecular flexibility index (Phi) is 3.80. The molecular weight excluding hydrogens is 258 g/mol. The molecule has 2 rings (SSSR count). The molecule has 0 saturated heterocycles. The summed E-state index contributed by atoms with van der Waals surface area (Å²) in [6.45, 7) is 3.59. The summed E-state index contributed by atoms with van der Waals surface area (Å²) in [4.78, 5) is 15.1. The average Bonchev–Trinajstić information content (AvgIpc) is 2.91. The summed E-state index contributed by atoms with van der Waals surface area (Å²) in [7, 11) is 0. The summed E-state index contributed by atoms with van der Waals surface area (Å²) < 4.78 is 10.3. The smallest absolute Gasteiger partial charge is 0.338 e. The quantitative estimate of drug-likeness (QED) is 0.815. The van der Waals surface area contributed by atoms with Crippen LogP contribution in [0.25, 0.3) is 0 Å². The lowest BCUT2D eigenvalue weighted by atomic mass is 9.86. The Morgan fingerprint density at radius 2 is 2.40 bits per heavy atom. The fourth-order valence-corrected chi connectivity index (χ4v) is 2.19. The fourth-order valence-electron chi connectivity index (χ4n) is 2.19. The van der Waals surface area contributed by atoms with E-state index in [4.69, 9.17) is 15.2 Å². The Bertz CT molecular complexity index is 621. The average molecular weight is 273 g/mol. The monoisotopic (exact) mass is 273 g/mol. The highest BCUT2D eigenvalue weighted by molar-refractivity contribution is 5.92. The van der Waals surface area contributed by atoms with Gasteiger partial charge < -0.3 is 20.2 Å².